The van der Waals surface area contributed by atoms with E-state index in [0.29, 0.717) is 11.9 Å². The van der Waals surface area contributed by atoms with E-state index in [0.717, 1.165) is 0 Å². The van der Waals surface area contributed by atoms with Crippen molar-refractivity contribution in [3.63, 3.8) is 0 Å². The SMILES string of the molecule is O=P(O)(O)/C=C/[C@@H](O)[C@@H](O)[C@H](O)[C@@H](O)CO. The fourth-order valence-electron chi connectivity index (χ4n) is 0.852. The standard InChI is InChI=1S/C7H15O8P/c8-3-5(10)7(12)6(11)4(9)1-2-16(13,14)15/h1-2,4-12H,3H2,(H2,13,14,15)/b2-1+/t4-,5+,6-,7-/m1/s1. The minimum Gasteiger partial charge on any atom is -0.394 e. The highest BCUT2D eigenvalue weighted by atomic mass is 31.2. The lowest BCUT2D eigenvalue weighted by molar-refractivity contribution is -0.104. The lowest BCUT2D eigenvalue weighted by atomic mass is 10.0. The van der Waals surface area contributed by atoms with Crippen molar-refractivity contribution < 1.29 is 39.9 Å². The Balaban J connectivity index is 4.44. The van der Waals surface area contributed by atoms with Gasteiger partial charge in [-0.15, -0.1) is 0 Å². The summed E-state index contributed by atoms with van der Waals surface area (Å²) < 4.78 is 10.4. The van der Waals surface area contributed by atoms with Crippen LogP contribution in [0.15, 0.2) is 11.9 Å². The molecule has 0 aliphatic carbocycles. The van der Waals surface area contributed by atoms with Crippen LogP contribution in [0.2, 0.25) is 0 Å². The first-order chi connectivity index (χ1) is 7.19. The molecule has 0 rings (SSSR count). The summed E-state index contributed by atoms with van der Waals surface area (Å²) in [5, 5.41) is 44.9. The molecule has 4 atom stereocenters. The first kappa shape index (κ1) is 15.7. The lowest BCUT2D eigenvalue weighted by Crippen LogP contribution is -2.45. The smallest absolute Gasteiger partial charge is 0.348 e. The molecule has 0 aromatic heterocycles. The molecule has 8 nitrogen and oxygen atoms in total. The van der Waals surface area contributed by atoms with Gasteiger partial charge in [-0.2, -0.15) is 0 Å². The summed E-state index contributed by atoms with van der Waals surface area (Å²) in [7, 11) is -4.47. The average Bonchev–Trinajstić information content (AvgIpc) is 2.21. The van der Waals surface area contributed by atoms with Crippen molar-refractivity contribution in [2.75, 3.05) is 6.61 Å². The van der Waals surface area contributed by atoms with Gasteiger partial charge in [-0.05, 0) is 6.08 Å². The number of rotatable bonds is 6. The van der Waals surface area contributed by atoms with Gasteiger partial charge in [-0.1, -0.05) is 0 Å². The minimum absolute atomic E-state index is 0.360. The van der Waals surface area contributed by atoms with E-state index in [9.17, 15) is 9.67 Å². The zero-order valence-corrected chi connectivity index (χ0v) is 9.05. The molecule has 0 bridgehead atoms. The molecule has 0 aromatic carbocycles. The summed E-state index contributed by atoms with van der Waals surface area (Å²) >= 11 is 0. The molecule has 0 unspecified atom stereocenters. The average molecular weight is 258 g/mol. The molecule has 0 aromatic rings. The fraction of sp³-hybridized carbons (Fsp3) is 0.714. The maximum absolute atomic E-state index is 10.4. The normalized spacial score (nSPS) is 20.7. The van der Waals surface area contributed by atoms with E-state index in [4.69, 9.17) is 30.2 Å². The van der Waals surface area contributed by atoms with Crippen LogP contribution in [-0.4, -0.2) is 66.3 Å². The molecule has 0 fully saturated rings. The van der Waals surface area contributed by atoms with Crippen molar-refractivity contribution in [3.8, 4) is 0 Å². The number of aliphatic hydroxyl groups is 5. The summed E-state index contributed by atoms with van der Waals surface area (Å²) in [6.07, 6.45) is -6.54. The molecule has 16 heavy (non-hydrogen) atoms. The van der Waals surface area contributed by atoms with Crippen LogP contribution in [0.4, 0.5) is 0 Å². The summed E-state index contributed by atoms with van der Waals surface area (Å²) in [6, 6.07) is 0. The third-order valence-electron chi connectivity index (χ3n) is 1.76. The van der Waals surface area contributed by atoms with Crippen molar-refractivity contribution in [2.24, 2.45) is 0 Å². The molecule has 7 N–H and O–H groups in total. The summed E-state index contributed by atoms with van der Waals surface area (Å²) in [5.74, 6) is 0.360. The van der Waals surface area contributed by atoms with Crippen LogP contribution in [0.3, 0.4) is 0 Å². The molecule has 0 radical (unpaired) electrons. The molecule has 0 heterocycles. The van der Waals surface area contributed by atoms with Gasteiger partial charge in [-0.3, -0.25) is 4.57 Å². The maximum atomic E-state index is 10.4. The molecule has 0 amide bonds. The highest BCUT2D eigenvalue weighted by molar-refractivity contribution is 7.55. The van der Waals surface area contributed by atoms with Crippen molar-refractivity contribution in [1.29, 1.82) is 0 Å². The Kier molecular flexibility index (Phi) is 6.31. The molecule has 0 aliphatic rings. The molecule has 96 valence electrons. The molecular formula is C7H15O8P. The van der Waals surface area contributed by atoms with Crippen LogP contribution in [0.1, 0.15) is 0 Å². The van der Waals surface area contributed by atoms with Crippen LogP contribution in [-0.2, 0) is 4.57 Å². The van der Waals surface area contributed by atoms with Crippen LogP contribution in [0.5, 0.6) is 0 Å². The zero-order valence-electron chi connectivity index (χ0n) is 8.16. The van der Waals surface area contributed by atoms with E-state index < -0.39 is 38.6 Å². The van der Waals surface area contributed by atoms with Gasteiger partial charge in [0.15, 0.2) is 0 Å². The van der Waals surface area contributed by atoms with E-state index in [1.807, 2.05) is 0 Å². The molecule has 0 saturated carbocycles. The maximum Gasteiger partial charge on any atom is 0.348 e. The minimum atomic E-state index is -4.47. The predicted octanol–water partition coefficient (Wildman–Crippen LogP) is -2.89. The van der Waals surface area contributed by atoms with E-state index in [-0.39, 0.29) is 0 Å². The van der Waals surface area contributed by atoms with Gasteiger partial charge in [0.25, 0.3) is 0 Å². The van der Waals surface area contributed by atoms with Crippen molar-refractivity contribution in [2.45, 2.75) is 24.4 Å². The topological polar surface area (TPSA) is 159 Å². The Morgan fingerprint density at radius 2 is 1.56 bits per heavy atom. The Morgan fingerprint density at radius 3 is 1.94 bits per heavy atom. The van der Waals surface area contributed by atoms with E-state index in [2.05, 4.69) is 0 Å². The van der Waals surface area contributed by atoms with Crippen LogP contribution in [0, 0.1) is 0 Å². The lowest BCUT2D eigenvalue weighted by Gasteiger charge is -2.23. The zero-order chi connectivity index (χ0) is 12.9. The first-order valence-electron chi connectivity index (χ1n) is 4.26. The number of aliphatic hydroxyl groups excluding tert-OH is 5. The second kappa shape index (κ2) is 6.43. The molecule has 9 heteroatoms. The Bertz CT molecular complexity index is 274. The van der Waals surface area contributed by atoms with Gasteiger partial charge in [0, 0.05) is 5.82 Å². The van der Waals surface area contributed by atoms with Crippen LogP contribution in [0.25, 0.3) is 0 Å². The van der Waals surface area contributed by atoms with Gasteiger partial charge in [-0.25, -0.2) is 0 Å². The van der Waals surface area contributed by atoms with Crippen molar-refractivity contribution in [1.82, 2.24) is 0 Å². The Hall–Kier alpha value is -0.310. The second-order valence-electron chi connectivity index (χ2n) is 3.15. The van der Waals surface area contributed by atoms with E-state index in [1.165, 1.54) is 0 Å². The van der Waals surface area contributed by atoms with Crippen molar-refractivity contribution in [3.05, 3.63) is 11.9 Å². The quantitative estimate of drug-likeness (QED) is 0.250. The van der Waals surface area contributed by atoms with Crippen molar-refractivity contribution >= 4 is 7.60 Å². The number of hydrogen-bond donors (Lipinski definition) is 7. The molecule has 0 spiro atoms. The summed E-state index contributed by atoms with van der Waals surface area (Å²) in [5.41, 5.74) is 0. The van der Waals surface area contributed by atoms with E-state index in [1.54, 1.807) is 0 Å². The van der Waals surface area contributed by atoms with Gasteiger partial charge in [0.05, 0.1) is 6.61 Å². The van der Waals surface area contributed by atoms with Crippen LogP contribution >= 0.6 is 7.60 Å². The second-order valence-corrected chi connectivity index (χ2v) is 4.63. The molecular weight excluding hydrogens is 243 g/mol. The van der Waals surface area contributed by atoms with Gasteiger partial charge >= 0.3 is 7.60 Å². The van der Waals surface area contributed by atoms with Gasteiger partial charge in [0.2, 0.25) is 0 Å². The van der Waals surface area contributed by atoms with Crippen LogP contribution < -0.4 is 0 Å². The fourth-order valence-corrected chi connectivity index (χ4v) is 1.25. The molecule has 0 saturated heterocycles. The highest BCUT2D eigenvalue weighted by Gasteiger charge is 2.29. The summed E-state index contributed by atoms with van der Waals surface area (Å²) in [4.78, 5) is 16.8. The highest BCUT2D eigenvalue weighted by Crippen LogP contribution is 2.36. The first-order valence-corrected chi connectivity index (χ1v) is 5.95. The van der Waals surface area contributed by atoms with Gasteiger partial charge < -0.3 is 35.3 Å². The number of hydrogen-bond acceptors (Lipinski definition) is 6. The summed E-state index contributed by atoms with van der Waals surface area (Å²) in [6.45, 7) is -0.826. The third-order valence-corrected chi connectivity index (χ3v) is 2.32. The molecule has 0 aliphatic heterocycles. The Morgan fingerprint density at radius 1 is 1.06 bits per heavy atom. The predicted molar refractivity (Wildman–Crippen MR) is 52.3 cm³/mol. The Labute approximate surface area is 91.3 Å². The third kappa shape index (κ3) is 5.69. The largest absolute Gasteiger partial charge is 0.394 e. The van der Waals surface area contributed by atoms with Gasteiger partial charge in [0.1, 0.15) is 24.4 Å². The van der Waals surface area contributed by atoms with E-state index >= 15 is 0 Å². The monoisotopic (exact) mass is 258 g/mol.